The first-order valence-electron chi connectivity index (χ1n) is 6.82. The fourth-order valence-corrected chi connectivity index (χ4v) is 2.96. The summed E-state index contributed by atoms with van der Waals surface area (Å²) in [5.41, 5.74) is 8.38. The predicted octanol–water partition coefficient (Wildman–Crippen LogP) is 1.66. The van der Waals surface area contributed by atoms with Gasteiger partial charge in [0.15, 0.2) is 0 Å². The molecule has 100 valence electrons. The van der Waals surface area contributed by atoms with Crippen LogP contribution in [0.1, 0.15) is 34.8 Å². The molecule has 0 amide bonds. The van der Waals surface area contributed by atoms with E-state index in [2.05, 4.69) is 28.7 Å². The fourth-order valence-electron chi connectivity index (χ4n) is 2.96. The Labute approximate surface area is 113 Å². The zero-order valence-electron chi connectivity index (χ0n) is 11.3. The summed E-state index contributed by atoms with van der Waals surface area (Å²) in [5.74, 6) is 5.70. The summed E-state index contributed by atoms with van der Waals surface area (Å²) in [4.78, 5) is 0. The minimum Gasteiger partial charge on any atom is -0.271 e. The van der Waals surface area contributed by atoms with Crippen molar-refractivity contribution < 1.29 is 0 Å². The zero-order chi connectivity index (χ0) is 13.2. The molecule has 0 saturated heterocycles. The maximum Gasteiger partial charge on any atom is 0.0669 e. The van der Waals surface area contributed by atoms with Crippen LogP contribution in [0.2, 0.25) is 0 Å². The lowest BCUT2D eigenvalue weighted by Crippen LogP contribution is -2.31. The maximum absolute atomic E-state index is 5.70. The van der Waals surface area contributed by atoms with E-state index < -0.39 is 0 Å². The van der Waals surface area contributed by atoms with Gasteiger partial charge in [0.1, 0.15) is 0 Å². The second kappa shape index (κ2) is 5.15. The van der Waals surface area contributed by atoms with Crippen LogP contribution in [0.4, 0.5) is 0 Å². The third-order valence-electron chi connectivity index (χ3n) is 4.02. The van der Waals surface area contributed by atoms with Gasteiger partial charge in [0.2, 0.25) is 0 Å². The minimum absolute atomic E-state index is 0.104. The predicted molar refractivity (Wildman–Crippen MR) is 75.4 cm³/mol. The summed E-state index contributed by atoms with van der Waals surface area (Å²) in [6.07, 6.45) is 6.44. The van der Waals surface area contributed by atoms with E-state index >= 15 is 0 Å². The van der Waals surface area contributed by atoms with Crippen LogP contribution in [0, 0.1) is 0 Å². The van der Waals surface area contributed by atoms with Gasteiger partial charge in [-0.3, -0.25) is 16.0 Å². The highest BCUT2D eigenvalue weighted by molar-refractivity contribution is 5.36. The molecular weight excluding hydrogens is 236 g/mol. The summed E-state index contributed by atoms with van der Waals surface area (Å²) in [7, 11) is 1.95. The Morgan fingerprint density at radius 3 is 2.89 bits per heavy atom. The zero-order valence-corrected chi connectivity index (χ0v) is 11.3. The number of fused-ring (bicyclic) bond motifs is 1. The minimum atomic E-state index is 0.104. The van der Waals surface area contributed by atoms with Crippen LogP contribution in [-0.4, -0.2) is 9.78 Å². The molecule has 3 N–H and O–H groups in total. The highest BCUT2D eigenvalue weighted by Gasteiger charge is 2.16. The molecule has 0 radical (unpaired) electrons. The van der Waals surface area contributed by atoms with E-state index in [1.54, 1.807) is 0 Å². The highest BCUT2D eigenvalue weighted by Crippen LogP contribution is 2.25. The molecular formula is C15H20N4. The molecule has 0 aliphatic heterocycles. The van der Waals surface area contributed by atoms with Gasteiger partial charge >= 0.3 is 0 Å². The third kappa shape index (κ3) is 2.41. The quantitative estimate of drug-likeness (QED) is 0.646. The molecule has 0 fully saturated rings. The number of benzene rings is 1. The molecule has 1 heterocycles. The SMILES string of the molecule is Cn1nccc1C(Cc1ccc2c(c1)CCC2)NN. The molecule has 1 unspecified atom stereocenters. The van der Waals surface area contributed by atoms with Gasteiger partial charge in [-0.25, -0.2) is 0 Å². The van der Waals surface area contributed by atoms with Gasteiger partial charge in [0, 0.05) is 13.2 Å². The van der Waals surface area contributed by atoms with Gasteiger partial charge < -0.3 is 0 Å². The number of nitrogens with zero attached hydrogens (tertiary/aromatic N) is 2. The van der Waals surface area contributed by atoms with Crippen LogP contribution in [0.15, 0.2) is 30.5 Å². The molecule has 1 atom stereocenters. The first kappa shape index (κ1) is 12.4. The number of hydrazine groups is 1. The summed E-state index contributed by atoms with van der Waals surface area (Å²) < 4.78 is 1.87. The third-order valence-corrected chi connectivity index (χ3v) is 4.02. The molecule has 1 aliphatic carbocycles. The van der Waals surface area contributed by atoms with Crippen LogP contribution in [0.3, 0.4) is 0 Å². The standard InChI is InChI=1S/C15H20N4/c1-19-15(7-8-17-19)14(18-16)10-11-5-6-12-3-2-4-13(12)9-11/h5-9,14,18H,2-4,10,16H2,1H3. The number of hydrogen-bond acceptors (Lipinski definition) is 3. The first-order valence-corrected chi connectivity index (χ1v) is 6.82. The molecule has 4 heteroatoms. The van der Waals surface area contributed by atoms with Crippen LogP contribution >= 0.6 is 0 Å². The fraction of sp³-hybridized carbons (Fsp3) is 0.400. The van der Waals surface area contributed by atoms with Crippen molar-refractivity contribution in [3.8, 4) is 0 Å². The number of hydrogen-bond donors (Lipinski definition) is 2. The lowest BCUT2D eigenvalue weighted by molar-refractivity contribution is 0.508. The van der Waals surface area contributed by atoms with Gasteiger partial charge in [0.05, 0.1) is 11.7 Å². The van der Waals surface area contributed by atoms with Crippen molar-refractivity contribution in [3.05, 3.63) is 52.8 Å². The van der Waals surface area contributed by atoms with Gasteiger partial charge in [-0.05, 0) is 48.4 Å². The number of aryl methyl sites for hydroxylation is 3. The summed E-state index contributed by atoms with van der Waals surface area (Å²) >= 11 is 0. The molecule has 19 heavy (non-hydrogen) atoms. The van der Waals surface area contributed by atoms with E-state index in [1.807, 2.05) is 24.0 Å². The molecule has 3 rings (SSSR count). The number of nitrogens with two attached hydrogens (primary N) is 1. The lowest BCUT2D eigenvalue weighted by atomic mass is 9.99. The smallest absolute Gasteiger partial charge is 0.0669 e. The van der Waals surface area contributed by atoms with Gasteiger partial charge in [-0.2, -0.15) is 5.10 Å². The van der Waals surface area contributed by atoms with Crippen molar-refractivity contribution in [3.63, 3.8) is 0 Å². The number of rotatable bonds is 4. The molecule has 0 spiro atoms. The average Bonchev–Trinajstić information content (AvgIpc) is 3.04. The van der Waals surface area contributed by atoms with Crippen LogP contribution in [0.25, 0.3) is 0 Å². The molecule has 4 nitrogen and oxygen atoms in total. The van der Waals surface area contributed by atoms with Crippen molar-refractivity contribution in [1.29, 1.82) is 0 Å². The van der Waals surface area contributed by atoms with E-state index in [1.165, 1.54) is 36.0 Å². The second-order valence-electron chi connectivity index (χ2n) is 5.26. The normalized spacial score (nSPS) is 15.5. The van der Waals surface area contributed by atoms with Crippen molar-refractivity contribution in [1.82, 2.24) is 15.2 Å². The van der Waals surface area contributed by atoms with Gasteiger partial charge in [-0.1, -0.05) is 18.2 Å². The Balaban J connectivity index is 1.81. The lowest BCUT2D eigenvalue weighted by Gasteiger charge is -2.17. The van der Waals surface area contributed by atoms with Crippen molar-refractivity contribution >= 4 is 0 Å². The van der Waals surface area contributed by atoms with Crippen molar-refractivity contribution in [2.75, 3.05) is 0 Å². The average molecular weight is 256 g/mol. The van der Waals surface area contributed by atoms with Crippen LogP contribution < -0.4 is 11.3 Å². The summed E-state index contributed by atoms with van der Waals surface area (Å²) in [6, 6.07) is 8.95. The largest absolute Gasteiger partial charge is 0.271 e. The van der Waals surface area contributed by atoms with E-state index in [0.717, 1.165) is 12.1 Å². The van der Waals surface area contributed by atoms with Crippen LogP contribution in [-0.2, 0) is 26.3 Å². The molecule has 1 aromatic carbocycles. The van der Waals surface area contributed by atoms with Crippen molar-refractivity contribution in [2.45, 2.75) is 31.7 Å². The van der Waals surface area contributed by atoms with Crippen molar-refractivity contribution in [2.24, 2.45) is 12.9 Å². The van der Waals surface area contributed by atoms with E-state index in [9.17, 15) is 0 Å². The Morgan fingerprint density at radius 1 is 1.32 bits per heavy atom. The number of nitrogens with one attached hydrogen (secondary N) is 1. The van der Waals surface area contributed by atoms with Gasteiger partial charge in [-0.15, -0.1) is 0 Å². The topological polar surface area (TPSA) is 55.9 Å². The Hall–Kier alpha value is -1.65. The molecule has 1 aliphatic rings. The Morgan fingerprint density at radius 2 is 2.16 bits per heavy atom. The number of aromatic nitrogens is 2. The highest BCUT2D eigenvalue weighted by atomic mass is 15.3. The molecule has 2 aromatic rings. The second-order valence-corrected chi connectivity index (χ2v) is 5.26. The van der Waals surface area contributed by atoms with Gasteiger partial charge in [0.25, 0.3) is 0 Å². The summed E-state index contributed by atoms with van der Waals surface area (Å²) in [6.45, 7) is 0. The monoisotopic (exact) mass is 256 g/mol. The Bertz CT molecular complexity index is 573. The molecule has 1 aromatic heterocycles. The van der Waals surface area contributed by atoms with Crippen LogP contribution in [0.5, 0.6) is 0 Å². The maximum atomic E-state index is 5.70. The molecule has 0 bridgehead atoms. The first-order chi connectivity index (χ1) is 9.28. The van der Waals surface area contributed by atoms with E-state index in [4.69, 9.17) is 5.84 Å². The Kier molecular flexibility index (Phi) is 3.36. The summed E-state index contributed by atoms with van der Waals surface area (Å²) in [5, 5.41) is 4.21. The van der Waals surface area contributed by atoms with E-state index in [-0.39, 0.29) is 6.04 Å². The van der Waals surface area contributed by atoms with E-state index in [0.29, 0.717) is 0 Å². The molecule has 0 saturated carbocycles.